The standard InChI is InChI=1S/C16H13BrN4O/c17-12-7-18-16-20-14(9-21(16)8-12)10-3-5-13(6-4-10)19-15(22)11-1-2-11/h3-9,11H,1-2H2,(H,19,22). The number of carbonyl (C=O) groups excluding carboxylic acids is 1. The smallest absolute Gasteiger partial charge is 0.234 e. The van der Waals surface area contributed by atoms with Gasteiger partial charge in [0.15, 0.2) is 0 Å². The molecule has 3 aromatic rings. The first-order valence-electron chi connectivity index (χ1n) is 7.10. The zero-order valence-electron chi connectivity index (χ0n) is 11.7. The lowest BCUT2D eigenvalue weighted by Crippen LogP contribution is -2.12. The number of imidazole rings is 1. The molecule has 1 aliphatic carbocycles. The molecule has 1 aliphatic rings. The van der Waals surface area contributed by atoms with Crippen molar-refractivity contribution in [3.8, 4) is 11.3 Å². The Labute approximate surface area is 135 Å². The van der Waals surface area contributed by atoms with Crippen molar-refractivity contribution >= 4 is 33.3 Å². The highest BCUT2D eigenvalue weighted by Gasteiger charge is 2.29. The van der Waals surface area contributed by atoms with E-state index in [9.17, 15) is 4.79 Å². The van der Waals surface area contributed by atoms with Crippen molar-refractivity contribution in [1.29, 1.82) is 0 Å². The van der Waals surface area contributed by atoms with Gasteiger partial charge in [0.25, 0.3) is 0 Å². The zero-order valence-corrected chi connectivity index (χ0v) is 13.2. The first-order chi connectivity index (χ1) is 10.7. The number of fused-ring (bicyclic) bond motifs is 1. The van der Waals surface area contributed by atoms with Crippen LogP contribution in [0.4, 0.5) is 5.69 Å². The van der Waals surface area contributed by atoms with Crippen molar-refractivity contribution in [3.63, 3.8) is 0 Å². The largest absolute Gasteiger partial charge is 0.326 e. The van der Waals surface area contributed by atoms with E-state index >= 15 is 0 Å². The Kier molecular flexibility index (Phi) is 3.18. The molecule has 4 rings (SSSR count). The molecule has 2 heterocycles. The highest BCUT2D eigenvalue weighted by atomic mass is 79.9. The van der Waals surface area contributed by atoms with Crippen molar-refractivity contribution in [2.45, 2.75) is 12.8 Å². The quantitative estimate of drug-likeness (QED) is 0.781. The average Bonchev–Trinajstić information content (AvgIpc) is 3.28. The van der Waals surface area contributed by atoms with Gasteiger partial charge >= 0.3 is 0 Å². The molecule has 1 aromatic carbocycles. The summed E-state index contributed by atoms with van der Waals surface area (Å²) in [6, 6.07) is 7.73. The van der Waals surface area contributed by atoms with E-state index in [1.54, 1.807) is 6.20 Å². The fraction of sp³-hybridized carbons (Fsp3) is 0.188. The number of hydrogen-bond donors (Lipinski definition) is 1. The van der Waals surface area contributed by atoms with Crippen LogP contribution < -0.4 is 5.32 Å². The minimum atomic E-state index is 0.120. The van der Waals surface area contributed by atoms with Gasteiger partial charge in [0.1, 0.15) is 0 Å². The molecule has 22 heavy (non-hydrogen) atoms. The first-order valence-corrected chi connectivity index (χ1v) is 7.90. The van der Waals surface area contributed by atoms with Crippen LogP contribution in [0.5, 0.6) is 0 Å². The van der Waals surface area contributed by atoms with E-state index in [1.807, 2.05) is 41.1 Å². The van der Waals surface area contributed by atoms with E-state index in [1.165, 1.54) is 0 Å². The van der Waals surface area contributed by atoms with E-state index in [4.69, 9.17) is 0 Å². The van der Waals surface area contributed by atoms with E-state index in [0.29, 0.717) is 5.78 Å². The molecule has 0 unspecified atom stereocenters. The SMILES string of the molecule is O=C(Nc1ccc(-c2cn3cc(Br)cnc3n2)cc1)C1CC1. The number of carbonyl (C=O) groups is 1. The second-order valence-electron chi connectivity index (χ2n) is 5.45. The number of nitrogens with zero attached hydrogens (tertiary/aromatic N) is 3. The van der Waals surface area contributed by atoms with Gasteiger partial charge in [-0.15, -0.1) is 0 Å². The third-order valence-corrected chi connectivity index (χ3v) is 4.08. The third-order valence-electron chi connectivity index (χ3n) is 3.67. The van der Waals surface area contributed by atoms with Gasteiger partial charge in [-0.1, -0.05) is 12.1 Å². The summed E-state index contributed by atoms with van der Waals surface area (Å²) in [6.07, 6.45) is 7.60. The number of anilines is 1. The van der Waals surface area contributed by atoms with Gasteiger partial charge in [0, 0.05) is 35.8 Å². The van der Waals surface area contributed by atoms with Gasteiger partial charge in [-0.25, -0.2) is 9.97 Å². The molecular weight excluding hydrogens is 344 g/mol. The number of nitrogens with one attached hydrogen (secondary N) is 1. The van der Waals surface area contributed by atoms with Gasteiger partial charge in [-0.3, -0.25) is 9.20 Å². The van der Waals surface area contributed by atoms with Crippen molar-refractivity contribution in [2.24, 2.45) is 5.92 Å². The van der Waals surface area contributed by atoms with E-state index in [0.717, 1.165) is 34.3 Å². The van der Waals surface area contributed by atoms with E-state index in [-0.39, 0.29) is 11.8 Å². The fourth-order valence-electron chi connectivity index (χ4n) is 2.31. The predicted molar refractivity (Wildman–Crippen MR) is 87.5 cm³/mol. The van der Waals surface area contributed by atoms with Crippen LogP contribution in [0.1, 0.15) is 12.8 Å². The Hall–Kier alpha value is -2.21. The molecule has 6 heteroatoms. The average molecular weight is 357 g/mol. The summed E-state index contributed by atoms with van der Waals surface area (Å²) in [5.74, 6) is 0.987. The lowest BCUT2D eigenvalue weighted by molar-refractivity contribution is -0.117. The second kappa shape index (κ2) is 5.21. The maximum atomic E-state index is 11.7. The summed E-state index contributed by atoms with van der Waals surface area (Å²) in [6.45, 7) is 0. The Bertz CT molecular complexity index is 852. The van der Waals surface area contributed by atoms with Crippen LogP contribution in [0.15, 0.2) is 47.3 Å². The predicted octanol–water partition coefficient (Wildman–Crippen LogP) is 3.51. The fourth-order valence-corrected chi connectivity index (χ4v) is 2.64. The summed E-state index contributed by atoms with van der Waals surface area (Å²) in [7, 11) is 0. The maximum Gasteiger partial charge on any atom is 0.234 e. The summed E-state index contributed by atoms with van der Waals surface area (Å²) < 4.78 is 2.78. The van der Waals surface area contributed by atoms with E-state index in [2.05, 4.69) is 31.2 Å². The summed E-state index contributed by atoms with van der Waals surface area (Å²) in [5.41, 5.74) is 2.67. The number of amides is 1. The third kappa shape index (κ3) is 2.62. The molecular formula is C16H13BrN4O. The second-order valence-corrected chi connectivity index (χ2v) is 6.36. The molecule has 0 saturated heterocycles. The number of halogens is 1. The number of aromatic nitrogens is 3. The van der Waals surface area contributed by atoms with Gasteiger partial charge in [-0.05, 0) is 40.9 Å². The molecule has 1 saturated carbocycles. The molecule has 1 fully saturated rings. The van der Waals surface area contributed by atoms with Gasteiger partial charge in [0.2, 0.25) is 11.7 Å². The summed E-state index contributed by atoms with van der Waals surface area (Å²) in [5, 5.41) is 2.93. The van der Waals surface area contributed by atoms with Gasteiger partial charge in [-0.2, -0.15) is 0 Å². The Morgan fingerprint density at radius 1 is 1.23 bits per heavy atom. The van der Waals surface area contributed by atoms with E-state index < -0.39 is 0 Å². The molecule has 1 N–H and O–H groups in total. The molecule has 110 valence electrons. The lowest BCUT2D eigenvalue weighted by Gasteiger charge is -2.04. The van der Waals surface area contributed by atoms with Crippen LogP contribution in [0.3, 0.4) is 0 Å². The molecule has 1 amide bonds. The lowest BCUT2D eigenvalue weighted by atomic mass is 10.1. The van der Waals surface area contributed by atoms with Crippen LogP contribution in [0.25, 0.3) is 17.0 Å². The molecule has 0 spiro atoms. The van der Waals surface area contributed by atoms with Gasteiger partial charge in [0.05, 0.1) is 10.2 Å². The van der Waals surface area contributed by atoms with Gasteiger partial charge < -0.3 is 5.32 Å². The molecule has 5 nitrogen and oxygen atoms in total. The van der Waals surface area contributed by atoms with Crippen molar-refractivity contribution in [1.82, 2.24) is 14.4 Å². The Morgan fingerprint density at radius 2 is 2.00 bits per heavy atom. The monoisotopic (exact) mass is 356 g/mol. The summed E-state index contributed by atoms with van der Waals surface area (Å²) >= 11 is 3.40. The molecule has 0 aliphatic heterocycles. The minimum Gasteiger partial charge on any atom is -0.326 e. The molecule has 0 radical (unpaired) electrons. The normalized spacial score (nSPS) is 14.2. The van der Waals surface area contributed by atoms with Crippen molar-refractivity contribution in [2.75, 3.05) is 5.32 Å². The van der Waals surface area contributed by atoms with Crippen LogP contribution >= 0.6 is 15.9 Å². The molecule has 0 bridgehead atoms. The molecule has 2 aromatic heterocycles. The first kappa shape index (κ1) is 13.5. The van der Waals surface area contributed by atoms with Crippen molar-refractivity contribution < 1.29 is 4.79 Å². The van der Waals surface area contributed by atoms with Crippen molar-refractivity contribution in [3.05, 3.63) is 47.3 Å². The molecule has 0 atom stereocenters. The number of benzene rings is 1. The topological polar surface area (TPSA) is 59.3 Å². The minimum absolute atomic E-state index is 0.120. The van der Waals surface area contributed by atoms with Crippen LogP contribution in [-0.2, 0) is 4.79 Å². The Morgan fingerprint density at radius 3 is 2.73 bits per heavy atom. The summed E-state index contributed by atoms with van der Waals surface area (Å²) in [4.78, 5) is 20.5. The highest BCUT2D eigenvalue weighted by molar-refractivity contribution is 9.10. The maximum absolute atomic E-state index is 11.7. The highest BCUT2D eigenvalue weighted by Crippen LogP contribution is 2.30. The zero-order chi connectivity index (χ0) is 15.1. The van der Waals surface area contributed by atoms with Crippen LogP contribution in [0.2, 0.25) is 0 Å². The van der Waals surface area contributed by atoms with Crippen LogP contribution in [0, 0.1) is 5.92 Å². The van der Waals surface area contributed by atoms with Crippen LogP contribution in [-0.4, -0.2) is 20.3 Å². The Balaban J connectivity index is 1.59. The number of rotatable bonds is 3. The number of hydrogen-bond acceptors (Lipinski definition) is 3.